The molecule has 2 aliphatic heterocycles. The van der Waals surface area contributed by atoms with Gasteiger partial charge in [0.1, 0.15) is 5.82 Å². The molecule has 8 heteroatoms. The van der Waals surface area contributed by atoms with E-state index in [0.29, 0.717) is 0 Å². The number of nitrogens with zero attached hydrogens (tertiary/aromatic N) is 5. The van der Waals surface area contributed by atoms with Crippen LogP contribution in [0.3, 0.4) is 0 Å². The molecule has 6 nitrogen and oxygen atoms in total. The van der Waals surface area contributed by atoms with Gasteiger partial charge in [0.15, 0.2) is 0 Å². The van der Waals surface area contributed by atoms with Gasteiger partial charge in [0.05, 0.1) is 34.2 Å². The molecule has 0 aliphatic carbocycles. The van der Waals surface area contributed by atoms with Gasteiger partial charge < -0.3 is 14.4 Å². The molecule has 1 atom stereocenters. The monoisotopic (exact) mass is 561 g/mol. The van der Waals surface area contributed by atoms with E-state index in [1.54, 1.807) is 0 Å². The predicted octanol–water partition coefficient (Wildman–Crippen LogP) is 5.95. The lowest BCUT2D eigenvalue weighted by atomic mass is 9.96. The number of aromatic nitrogens is 2. The zero-order chi connectivity index (χ0) is 26.8. The summed E-state index contributed by atoms with van der Waals surface area (Å²) in [5.41, 5.74) is 4.37. The summed E-state index contributed by atoms with van der Waals surface area (Å²) in [6, 6.07) is 24.3. The summed E-state index contributed by atoms with van der Waals surface area (Å²) >= 11 is 12.5. The van der Waals surface area contributed by atoms with Gasteiger partial charge in [-0.2, -0.15) is 0 Å². The first-order chi connectivity index (χ1) is 19.0. The van der Waals surface area contributed by atoms with E-state index in [4.69, 9.17) is 28.2 Å². The topological polar surface area (TPSA) is 44.6 Å². The number of imidazole rings is 1. The molecule has 0 unspecified atom stereocenters. The van der Waals surface area contributed by atoms with Crippen LogP contribution in [0.4, 0.5) is 5.69 Å². The number of halogens is 2. The Morgan fingerprint density at radius 1 is 0.846 bits per heavy atom. The van der Waals surface area contributed by atoms with Crippen molar-refractivity contribution in [3.05, 3.63) is 94.2 Å². The Balaban J connectivity index is 1.12. The fraction of sp³-hybridized carbons (Fsp3) is 0.355. The number of para-hydroxylation sites is 3. The Hall–Kier alpha value is -3.06. The van der Waals surface area contributed by atoms with Gasteiger partial charge in [-0.05, 0) is 61.3 Å². The van der Waals surface area contributed by atoms with Crippen molar-refractivity contribution in [3.8, 4) is 0 Å². The Morgan fingerprint density at radius 2 is 1.59 bits per heavy atom. The molecule has 0 saturated carbocycles. The summed E-state index contributed by atoms with van der Waals surface area (Å²) in [5, 5.41) is 1.51. The van der Waals surface area contributed by atoms with Gasteiger partial charge in [-0.1, -0.05) is 59.6 Å². The van der Waals surface area contributed by atoms with E-state index in [-0.39, 0.29) is 11.8 Å². The van der Waals surface area contributed by atoms with E-state index in [1.807, 2.05) is 36.4 Å². The van der Waals surface area contributed by atoms with Gasteiger partial charge >= 0.3 is 0 Å². The van der Waals surface area contributed by atoms with Crippen LogP contribution in [-0.2, 0) is 17.9 Å². The van der Waals surface area contributed by atoms with Crippen LogP contribution in [0.25, 0.3) is 11.0 Å². The number of carbonyl (C=O) groups excluding carboxylic acids is 1. The number of piperazine rings is 1. The van der Waals surface area contributed by atoms with Crippen LogP contribution < -0.4 is 4.90 Å². The zero-order valence-corrected chi connectivity index (χ0v) is 23.5. The van der Waals surface area contributed by atoms with E-state index >= 15 is 0 Å². The fourth-order valence-electron chi connectivity index (χ4n) is 5.93. The van der Waals surface area contributed by atoms with Crippen molar-refractivity contribution in [2.75, 3.05) is 44.2 Å². The SMILES string of the molecule is O=C([C@@H]1CCCN(Cc2nc3ccccc3n2Cc2ccc(Cl)cc2)C1)N1CCN(c2ccccc2Cl)CC1. The van der Waals surface area contributed by atoms with Crippen LogP contribution in [0.15, 0.2) is 72.8 Å². The molecule has 4 aromatic rings. The number of carbonyl (C=O) groups is 1. The third-order valence-electron chi connectivity index (χ3n) is 7.99. The van der Waals surface area contributed by atoms with Gasteiger partial charge in [0.2, 0.25) is 5.91 Å². The second-order valence-electron chi connectivity index (χ2n) is 10.6. The van der Waals surface area contributed by atoms with Crippen molar-refractivity contribution in [2.45, 2.75) is 25.9 Å². The summed E-state index contributed by atoms with van der Waals surface area (Å²) in [4.78, 5) is 25.3. The van der Waals surface area contributed by atoms with Crippen LogP contribution in [0.1, 0.15) is 24.2 Å². The van der Waals surface area contributed by atoms with Crippen LogP contribution in [0, 0.1) is 5.92 Å². The number of anilines is 1. The molecule has 0 N–H and O–H groups in total. The molecule has 39 heavy (non-hydrogen) atoms. The van der Waals surface area contributed by atoms with Crippen molar-refractivity contribution >= 4 is 45.8 Å². The second kappa shape index (κ2) is 11.6. The minimum absolute atomic E-state index is 0.0275. The minimum Gasteiger partial charge on any atom is -0.367 e. The predicted molar refractivity (Wildman–Crippen MR) is 159 cm³/mol. The number of amides is 1. The molecule has 202 valence electrons. The number of benzene rings is 3. The zero-order valence-electron chi connectivity index (χ0n) is 22.0. The number of likely N-dealkylation sites (tertiary alicyclic amines) is 1. The highest BCUT2D eigenvalue weighted by Crippen LogP contribution is 2.28. The van der Waals surface area contributed by atoms with Gasteiger partial charge in [-0.3, -0.25) is 9.69 Å². The number of piperidine rings is 1. The first kappa shape index (κ1) is 26.2. The van der Waals surface area contributed by atoms with Gasteiger partial charge in [0, 0.05) is 44.3 Å². The summed E-state index contributed by atoms with van der Waals surface area (Å²) in [6.45, 7) is 6.29. The number of fused-ring (bicyclic) bond motifs is 1. The highest BCUT2D eigenvalue weighted by atomic mass is 35.5. The van der Waals surface area contributed by atoms with E-state index in [2.05, 4.69) is 55.7 Å². The van der Waals surface area contributed by atoms with Crippen LogP contribution >= 0.6 is 23.2 Å². The maximum absolute atomic E-state index is 13.6. The molecule has 0 radical (unpaired) electrons. The van der Waals surface area contributed by atoms with E-state index in [0.717, 1.165) is 97.8 Å². The lowest BCUT2D eigenvalue weighted by Crippen LogP contribution is -2.52. The molecule has 3 aromatic carbocycles. The first-order valence-corrected chi connectivity index (χ1v) is 14.5. The molecule has 1 aromatic heterocycles. The lowest BCUT2D eigenvalue weighted by Gasteiger charge is -2.40. The first-order valence-electron chi connectivity index (χ1n) is 13.7. The summed E-state index contributed by atoms with van der Waals surface area (Å²) in [6.07, 6.45) is 1.97. The molecule has 2 aliphatic rings. The van der Waals surface area contributed by atoms with E-state index < -0.39 is 0 Å². The Morgan fingerprint density at radius 3 is 2.38 bits per heavy atom. The highest BCUT2D eigenvalue weighted by molar-refractivity contribution is 6.33. The fourth-order valence-corrected chi connectivity index (χ4v) is 6.31. The Labute approximate surface area is 239 Å². The van der Waals surface area contributed by atoms with Crippen molar-refractivity contribution in [1.82, 2.24) is 19.4 Å². The average Bonchev–Trinajstić information content (AvgIpc) is 3.31. The lowest BCUT2D eigenvalue weighted by molar-refractivity contribution is -0.137. The molecular weight excluding hydrogens is 529 g/mol. The summed E-state index contributed by atoms with van der Waals surface area (Å²) < 4.78 is 2.30. The number of hydrogen-bond donors (Lipinski definition) is 0. The van der Waals surface area contributed by atoms with Gasteiger partial charge in [-0.25, -0.2) is 4.98 Å². The van der Waals surface area contributed by atoms with Crippen molar-refractivity contribution in [1.29, 1.82) is 0 Å². The van der Waals surface area contributed by atoms with Crippen LogP contribution in [0.5, 0.6) is 0 Å². The number of rotatable bonds is 6. The normalized spacial score (nSPS) is 18.6. The Bertz CT molecular complexity index is 1450. The largest absolute Gasteiger partial charge is 0.367 e. The minimum atomic E-state index is 0.0275. The van der Waals surface area contributed by atoms with Crippen molar-refractivity contribution in [2.24, 2.45) is 5.92 Å². The standard InChI is InChI=1S/C31H33Cl2N5O/c32-25-13-11-23(12-14-25)20-38-29-10-4-2-8-27(29)34-30(38)22-35-15-5-6-24(21-35)31(39)37-18-16-36(17-19-37)28-9-3-1-7-26(28)33/h1-4,7-14,24H,5-6,15-22H2/t24-/m1/s1. The molecule has 0 bridgehead atoms. The van der Waals surface area contributed by atoms with Crippen LogP contribution in [0.2, 0.25) is 10.0 Å². The molecule has 1 amide bonds. The molecule has 3 heterocycles. The maximum atomic E-state index is 13.6. The van der Waals surface area contributed by atoms with Gasteiger partial charge in [-0.15, -0.1) is 0 Å². The second-order valence-corrected chi connectivity index (χ2v) is 11.4. The van der Waals surface area contributed by atoms with Gasteiger partial charge in [0.25, 0.3) is 0 Å². The summed E-state index contributed by atoms with van der Waals surface area (Å²) in [5.74, 6) is 1.35. The molecule has 6 rings (SSSR count). The maximum Gasteiger partial charge on any atom is 0.227 e. The average molecular weight is 563 g/mol. The van der Waals surface area contributed by atoms with E-state index in [1.165, 1.54) is 5.56 Å². The third-order valence-corrected chi connectivity index (χ3v) is 8.56. The molecular formula is C31H33Cl2N5O. The molecule has 0 spiro atoms. The van der Waals surface area contributed by atoms with E-state index in [9.17, 15) is 4.79 Å². The number of hydrogen-bond acceptors (Lipinski definition) is 4. The molecule has 2 saturated heterocycles. The van der Waals surface area contributed by atoms with Crippen molar-refractivity contribution < 1.29 is 4.79 Å². The third kappa shape index (κ3) is 5.79. The quantitative estimate of drug-likeness (QED) is 0.291. The Kier molecular flexibility index (Phi) is 7.78. The smallest absolute Gasteiger partial charge is 0.227 e. The molecule has 2 fully saturated rings. The van der Waals surface area contributed by atoms with Crippen molar-refractivity contribution in [3.63, 3.8) is 0 Å². The summed E-state index contributed by atoms with van der Waals surface area (Å²) in [7, 11) is 0. The van der Waals surface area contributed by atoms with Crippen LogP contribution in [-0.4, -0.2) is 64.5 Å². The highest BCUT2D eigenvalue weighted by Gasteiger charge is 2.32.